The first-order valence-electron chi connectivity index (χ1n) is 9.62. The summed E-state index contributed by atoms with van der Waals surface area (Å²) in [7, 11) is -2.35. The molecule has 1 amide bonds. The van der Waals surface area contributed by atoms with Crippen LogP contribution in [0.25, 0.3) is 6.08 Å². The monoisotopic (exact) mass is 418 g/mol. The van der Waals surface area contributed by atoms with Gasteiger partial charge in [-0.25, -0.2) is 8.42 Å². The van der Waals surface area contributed by atoms with Gasteiger partial charge in [-0.2, -0.15) is 9.29 Å². The zero-order valence-corrected chi connectivity index (χ0v) is 17.5. The third-order valence-corrected chi connectivity index (χ3v) is 6.55. The number of amides is 1. The summed E-state index contributed by atoms with van der Waals surface area (Å²) in [5, 5.41) is 8.10. The van der Waals surface area contributed by atoms with Crippen LogP contribution in [0.15, 0.2) is 40.3 Å². The van der Waals surface area contributed by atoms with Crippen molar-refractivity contribution in [1.82, 2.24) is 19.8 Å². The van der Waals surface area contributed by atoms with Crippen LogP contribution >= 0.6 is 0 Å². The van der Waals surface area contributed by atoms with Crippen molar-refractivity contribution in [3.05, 3.63) is 53.0 Å². The van der Waals surface area contributed by atoms with E-state index in [9.17, 15) is 13.2 Å². The van der Waals surface area contributed by atoms with E-state index in [0.717, 1.165) is 34.5 Å². The van der Waals surface area contributed by atoms with E-state index in [2.05, 4.69) is 15.5 Å². The summed E-state index contributed by atoms with van der Waals surface area (Å²) >= 11 is 0. The number of nitrogens with zero attached hydrogens (tertiary/aromatic N) is 3. The largest absolute Gasteiger partial charge is 0.342 e. The van der Waals surface area contributed by atoms with E-state index in [1.165, 1.54) is 13.1 Å². The van der Waals surface area contributed by atoms with Crippen molar-refractivity contribution in [3.8, 4) is 0 Å². The van der Waals surface area contributed by atoms with Gasteiger partial charge in [0.1, 0.15) is 5.54 Å². The lowest BCUT2D eigenvalue weighted by atomic mass is 9.81. The Bertz CT molecular complexity index is 963. The minimum atomic E-state index is -3.73. The Labute approximate surface area is 171 Å². The summed E-state index contributed by atoms with van der Waals surface area (Å²) in [5.41, 5.74) is 0.0555. The second-order valence-corrected chi connectivity index (χ2v) is 9.27. The second kappa shape index (κ2) is 8.87. The average molecular weight is 419 g/mol. The molecular weight excluding hydrogens is 392 g/mol. The Morgan fingerprint density at radius 2 is 1.93 bits per heavy atom. The van der Waals surface area contributed by atoms with Crippen LogP contribution in [-0.4, -0.2) is 42.4 Å². The first-order chi connectivity index (χ1) is 13.8. The quantitative estimate of drug-likeness (QED) is 0.741. The van der Waals surface area contributed by atoms with Gasteiger partial charge in [-0.3, -0.25) is 4.79 Å². The minimum Gasteiger partial charge on any atom is -0.342 e. The van der Waals surface area contributed by atoms with Crippen LogP contribution in [0.2, 0.25) is 0 Å². The maximum absolute atomic E-state index is 12.7. The highest BCUT2D eigenvalue weighted by atomic mass is 32.2. The zero-order valence-electron chi connectivity index (χ0n) is 16.7. The van der Waals surface area contributed by atoms with Gasteiger partial charge in [0.05, 0.1) is 6.54 Å². The lowest BCUT2D eigenvalue weighted by Crippen LogP contribution is -2.51. The first-order valence-corrected chi connectivity index (χ1v) is 11.1. The van der Waals surface area contributed by atoms with Gasteiger partial charge in [0.15, 0.2) is 5.82 Å². The molecule has 1 heterocycles. The lowest BCUT2D eigenvalue weighted by molar-refractivity contribution is -0.123. The first kappa shape index (κ1) is 21.2. The molecule has 0 spiro atoms. The molecule has 0 unspecified atom stereocenters. The molecule has 1 aliphatic rings. The normalized spacial score (nSPS) is 16.9. The van der Waals surface area contributed by atoms with Crippen molar-refractivity contribution in [2.24, 2.45) is 0 Å². The number of hydrogen-bond donors (Lipinski definition) is 1. The molecule has 1 aromatic carbocycles. The third-order valence-electron chi connectivity index (χ3n) is 5.07. The van der Waals surface area contributed by atoms with Crippen molar-refractivity contribution in [1.29, 1.82) is 0 Å². The predicted octanol–water partition coefficient (Wildman–Crippen LogP) is 2.59. The summed E-state index contributed by atoms with van der Waals surface area (Å²) in [6.07, 6.45) is 5.84. The van der Waals surface area contributed by atoms with E-state index < -0.39 is 21.5 Å². The molecular formula is C20H26N4O4S. The molecule has 2 aromatic rings. The molecule has 9 heteroatoms. The number of nitrogens with one attached hydrogen (secondary N) is 1. The van der Waals surface area contributed by atoms with Gasteiger partial charge in [0, 0.05) is 19.4 Å². The summed E-state index contributed by atoms with van der Waals surface area (Å²) in [5.74, 6) is 0.496. The Hall–Kier alpha value is -2.52. The number of carbonyl (C=O) groups excluding carboxylic acids is 1. The number of sulfonamides is 1. The number of carbonyl (C=O) groups is 1. The van der Waals surface area contributed by atoms with Crippen molar-refractivity contribution >= 4 is 22.0 Å². The molecule has 8 nitrogen and oxygen atoms in total. The van der Waals surface area contributed by atoms with Gasteiger partial charge in [-0.05, 0) is 24.5 Å². The fourth-order valence-electron chi connectivity index (χ4n) is 3.48. The van der Waals surface area contributed by atoms with Crippen molar-refractivity contribution in [2.45, 2.75) is 44.6 Å². The molecule has 0 bridgehead atoms. The molecule has 29 heavy (non-hydrogen) atoms. The van der Waals surface area contributed by atoms with Crippen LogP contribution < -0.4 is 5.32 Å². The fraction of sp³-hybridized carbons (Fsp3) is 0.450. The Morgan fingerprint density at radius 3 is 2.55 bits per heavy atom. The highest BCUT2D eigenvalue weighted by Crippen LogP contribution is 2.35. The molecule has 156 valence electrons. The van der Waals surface area contributed by atoms with Crippen molar-refractivity contribution < 1.29 is 17.7 Å². The summed E-state index contributed by atoms with van der Waals surface area (Å²) < 4.78 is 31.1. The molecule has 1 N–H and O–H groups in total. The number of aromatic nitrogens is 2. The molecule has 3 rings (SSSR count). The Balaban J connectivity index is 1.68. The predicted molar refractivity (Wildman–Crippen MR) is 109 cm³/mol. The van der Waals surface area contributed by atoms with Gasteiger partial charge in [-0.1, -0.05) is 54.8 Å². The van der Waals surface area contributed by atoms with Gasteiger partial charge < -0.3 is 9.84 Å². The molecule has 0 aliphatic heterocycles. The number of likely N-dealkylation sites (N-methyl/N-ethyl adjacent to an activating group) is 1. The smallest absolute Gasteiger partial charge is 0.236 e. The van der Waals surface area contributed by atoms with Crippen LogP contribution in [0.4, 0.5) is 0 Å². The van der Waals surface area contributed by atoms with Crippen molar-refractivity contribution in [2.75, 3.05) is 13.6 Å². The molecule has 0 atom stereocenters. The van der Waals surface area contributed by atoms with Gasteiger partial charge in [0.25, 0.3) is 0 Å². The molecule has 0 saturated heterocycles. The average Bonchev–Trinajstić information content (AvgIpc) is 3.15. The summed E-state index contributed by atoms with van der Waals surface area (Å²) in [6.45, 7) is 1.41. The summed E-state index contributed by atoms with van der Waals surface area (Å²) in [4.78, 5) is 17.0. The lowest BCUT2D eigenvalue weighted by Gasteiger charge is -2.35. The summed E-state index contributed by atoms with van der Waals surface area (Å²) in [6, 6.07) is 9.12. The maximum atomic E-state index is 12.7. The van der Waals surface area contributed by atoms with E-state index in [0.29, 0.717) is 24.6 Å². The topological polar surface area (TPSA) is 105 Å². The molecule has 1 fully saturated rings. The Kier molecular flexibility index (Phi) is 6.49. The standard InChI is InChI=1S/C20H26N4O4S/c1-16-21-19(23-28-16)20(12-7-4-8-13-20)22-18(25)15-24(2)29(26,27)14-11-17-9-5-3-6-10-17/h3,5-6,9-11,14H,4,7-8,12-13,15H2,1-2H3,(H,22,25)/b14-11+. The van der Waals surface area contributed by atoms with E-state index in [1.54, 1.807) is 19.1 Å². The van der Waals surface area contributed by atoms with Crippen LogP contribution in [0.3, 0.4) is 0 Å². The van der Waals surface area contributed by atoms with E-state index in [1.807, 2.05) is 18.2 Å². The van der Waals surface area contributed by atoms with Gasteiger partial charge >= 0.3 is 0 Å². The Morgan fingerprint density at radius 1 is 1.24 bits per heavy atom. The minimum absolute atomic E-state index is 0.292. The second-order valence-electron chi connectivity index (χ2n) is 7.34. The number of benzene rings is 1. The van der Waals surface area contributed by atoms with Crippen LogP contribution in [0.5, 0.6) is 0 Å². The molecule has 1 aliphatic carbocycles. The van der Waals surface area contributed by atoms with Crippen LogP contribution in [0.1, 0.15) is 49.4 Å². The third kappa shape index (κ3) is 5.30. The van der Waals surface area contributed by atoms with Gasteiger partial charge in [0.2, 0.25) is 21.8 Å². The van der Waals surface area contributed by atoms with Gasteiger partial charge in [-0.15, -0.1) is 0 Å². The molecule has 0 radical (unpaired) electrons. The van der Waals surface area contributed by atoms with Crippen LogP contribution in [0, 0.1) is 6.92 Å². The SMILES string of the molecule is Cc1nc(C2(NC(=O)CN(C)S(=O)(=O)/C=C/c3ccccc3)CCCCC2)no1. The van der Waals surface area contributed by atoms with E-state index in [4.69, 9.17) is 4.52 Å². The number of rotatable bonds is 7. The number of aryl methyl sites for hydroxylation is 1. The highest BCUT2D eigenvalue weighted by molar-refractivity contribution is 7.92. The highest BCUT2D eigenvalue weighted by Gasteiger charge is 2.40. The zero-order chi connectivity index (χ0) is 20.9. The van der Waals surface area contributed by atoms with E-state index >= 15 is 0 Å². The maximum Gasteiger partial charge on any atom is 0.236 e. The van der Waals surface area contributed by atoms with Crippen LogP contribution in [-0.2, 0) is 20.4 Å². The number of hydrogen-bond acceptors (Lipinski definition) is 6. The van der Waals surface area contributed by atoms with Crippen molar-refractivity contribution in [3.63, 3.8) is 0 Å². The fourth-order valence-corrected chi connectivity index (χ4v) is 4.32. The molecule has 1 saturated carbocycles. The molecule has 1 aromatic heterocycles. The van der Waals surface area contributed by atoms with E-state index in [-0.39, 0.29) is 6.54 Å².